The molecular weight excluding hydrogens is 406 g/mol. The maximum atomic E-state index is 12.9. The molecule has 1 aromatic carbocycles. The van der Waals surface area contributed by atoms with Crippen LogP contribution in [0.4, 0.5) is 0 Å². The van der Waals surface area contributed by atoms with Crippen molar-refractivity contribution in [1.29, 1.82) is 0 Å². The molecular formula is C22H34ClN3O2S. The summed E-state index contributed by atoms with van der Waals surface area (Å²) in [6, 6.07) is 7.52. The highest BCUT2D eigenvalue weighted by atomic mass is 35.5. The molecule has 1 heterocycles. The molecule has 0 aromatic heterocycles. The van der Waals surface area contributed by atoms with Gasteiger partial charge >= 0.3 is 0 Å². The molecule has 2 aliphatic carbocycles. The Balaban J connectivity index is 1.38. The van der Waals surface area contributed by atoms with Crippen LogP contribution >= 0.6 is 11.6 Å². The molecule has 3 aliphatic rings. The first-order valence-electron chi connectivity index (χ1n) is 11.3. The predicted molar refractivity (Wildman–Crippen MR) is 118 cm³/mol. The number of rotatable bonds is 5. The van der Waals surface area contributed by atoms with Crippen LogP contribution in [0, 0.1) is 0 Å². The average molecular weight is 440 g/mol. The van der Waals surface area contributed by atoms with Gasteiger partial charge in [-0.05, 0) is 49.9 Å². The Morgan fingerprint density at radius 2 is 1.38 bits per heavy atom. The van der Waals surface area contributed by atoms with Crippen molar-refractivity contribution in [3.05, 3.63) is 29.3 Å². The van der Waals surface area contributed by atoms with Gasteiger partial charge in [0.2, 0.25) is 10.0 Å². The molecule has 1 saturated heterocycles. The van der Waals surface area contributed by atoms with E-state index in [4.69, 9.17) is 11.6 Å². The van der Waals surface area contributed by atoms with Gasteiger partial charge in [-0.1, -0.05) is 43.7 Å². The number of sulfonamides is 1. The monoisotopic (exact) mass is 439 g/mol. The summed E-state index contributed by atoms with van der Waals surface area (Å²) in [5.41, 5.74) is 0. The van der Waals surface area contributed by atoms with E-state index in [2.05, 4.69) is 14.5 Å². The topological polar surface area (TPSA) is 52.7 Å². The SMILES string of the molecule is O=S(=O)(N[C@@H]1CCCC[C@@H]1N1CCN(C2CCCCC2)CC1)c1ccc(Cl)cc1. The van der Waals surface area contributed by atoms with E-state index >= 15 is 0 Å². The molecule has 2 saturated carbocycles. The zero-order valence-corrected chi connectivity index (χ0v) is 18.8. The van der Waals surface area contributed by atoms with E-state index in [1.807, 2.05) is 0 Å². The first kappa shape index (κ1) is 21.6. The van der Waals surface area contributed by atoms with E-state index in [-0.39, 0.29) is 6.04 Å². The summed E-state index contributed by atoms with van der Waals surface area (Å²) >= 11 is 5.92. The highest BCUT2D eigenvalue weighted by molar-refractivity contribution is 7.89. The molecule has 0 bridgehead atoms. The van der Waals surface area contributed by atoms with Crippen LogP contribution in [0.2, 0.25) is 5.02 Å². The smallest absolute Gasteiger partial charge is 0.240 e. The molecule has 0 spiro atoms. The van der Waals surface area contributed by atoms with Gasteiger partial charge in [-0.2, -0.15) is 0 Å². The summed E-state index contributed by atoms with van der Waals surface area (Å²) in [5.74, 6) is 0. The Bertz CT molecular complexity index is 757. The fourth-order valence-corrected chi connectivity index (χ4v) is 6.88. The summed E-state index contributed by atoms with van der Waals surface area (Å²) in [7, 11) is -3.52. The van der Waals surface area contributed by atoms with Crippen molar-refractivity contribution < 1.29 is 8.42 Å². The van der Waals surface area contributed by atoms with Gasteiger partial charge in [0, 0.05) is 49.3 Å². The lowest BCUT2D eigenvalue weighted by Gasteiger charge is -2.46. The second-order valence-corrected chi connectivity index (χ2v) is 11.0. The van der Waals surface area contributed by atoms with Gasteiger partial charge in [-0.15, -0.1) is 0 Å². The van der Waals surface area contributed by atoms with Gasteiger partial charge in [-0.25, -0.2) is 13.1 Å². The van der Waals surface area contributed by atoms with Crippen LogP contribution in [0.15, 0.2) is 29.2 Å². The number of piperazine rings is 1. The van der Waals surface area contributed by atoms with Crippen LogP contribution in [0.25, 0.3) is 0 Å². The summed E-state index contributed by atoms with van der Waals surface area (Å²) in [6.07, 6.45) is 11.1. The number of nitrogens with one attached hydrogen (secondary N) is 1. The summed E-state index contributed by atoms with van der Waals surface area (Å²) in [6.45, 7) is 4.36. The highest BCUT2D eigenvalue weighted by Gasteiger charge is 2.35. The third kappa shape index (κ3) is 5.34. The molecule has 0 radical (unpaired) electrons. The van der Waals surface area contributed by atoms with Crippen molar-refractivity contribution >= 4 is 21.6 Å². The fourth-order valence-electron chi connectivity index (χ4n) is 5.45. The summed E-state index contributed by atoms with van der Waals surface area (Å²) in [4.78, 5) is 5.53. The molecule has 162 valence electrons. The van der Waals surface area contributed by atoms with E-state index in [0.29, 0.717) is 16.0 Å². The Morgan fingerprint density at radius 3 is 2.07 bits per heavy atom. The molecule has 1 N–H and O–H groups in total. The molecule has 1 aromatic rings. The molecule has 3 fully saturated rings. The third-order valence-corrected chi connectivity index (χ3v) is 8.83. The molecule has 0 amide bonds. The minimum atomic E-state index is -3.52. The molecule has 4 rings (SSSR count). The largest absolute Gasteiger partial charge is 0.298 e. The van der Waals surface area contributed by atoms with Crippen molar-refractivity contribution in [2.24, 2.45) is 0 Å². The summed E-state index contributed by atoms with van der Waals surface area (Å²) in [5, 5.41) is 0.551. The van der Waals surface area contributed by atoms with Crippen LogP contribution in [-0.2, 0) is 10.0 Å². The van der Waals surface area contributed by atoms with Crippen LogP contribution < -0.4 is 4.72 Å². The number of benzene rings is 1. The zero-order chi connectivity index (χ0) is 20.3. The number of nitrogens with zero attached hydrogens (tertiary/aromatic N) is 2. The van der Waals surface area contributed by atoms with Gasteiger partial charge in [0.05, 0.1) is 4.90 Å². The van der Waals surface area contributed by atoms with Crippen molar-refractivity contribution in [2.45, 2.75) is 80.8 Å². The van der Waals surface area contributed by atoms with Crippen LogP contribution in [0.3, 0.4) is 0 Å². The van der Waals surface area contributed by atoms with Crippen molar-refractivity contribution in [3.63, 3.8) is 0 Å². The number of halogens is 1. The predicted octanol–water partition coefficient (Wildman–Crippen LogP) is 3.88. The van der Waals surface area contributed by atoms with Crippen molar-refractivity contribution in [3.8, 4) is 0 Å². The van der Waals surface area contributed by atoms with Gasteiger partial charge in [0.25, 0.3) is 0 Å². The van der Waals surface area contributed by atoms with Gasteiger partial charge in [0.1, 0.15) is 0 Å². The quantitative estimate of drug-likeness (QED) is 0.756. The maximum Gasteiger partial charge on any atom is 0.240 e. The zero-order valence-electron chi connectivity index (χ0n) is 17.2. The highest BCUT2D eigenvalue weighted by Crippen LogP contribution is 2.28. The Labute approximate surface area is 180 Å². The standard InChI is InChI=1S/C22H34ClN3O2S/c23-18-10-12-20(13-11-18)29(27,28)24-21-8-4-5-9-22(21)26-16-14-25(15-17-26)19-6-2-1-3-7-19/h10-13,19,21-22,24H,1-9,14-17H2/t21-,22+/m1/s1. The Kier molecular flexibility index (Phi) is 7.18. The van der Waals surface area contributed by atoms with Crippen molar-refractivity contribution in [2.75, 3.05) is 26.2 Å². The lowest BCUT2D eigenvalue weighted by Crippen LogP contribution is -2.59. The normalized spacial score (nSPS) is 28.4. The van der Waals surface area contributed by atoms with E-state index in [1.54, 1.807) is 24.3 Å². The molecule has 2 atom stereocenters. The van der Waals surface area contributed by atoms with E-state index in [0.717, 1.165) is 51.5 Å². The molecule has 1 aliphatic heterocycles. The Morgan fingerprint density at radius 1 is 0.793 bits per heavy atom. The van der Waals surface area contributed by atoms with Crippen molar-refractivity contribution in [1.82, 2.24) is 14.5 Å². The number of hydrogen-bond donors (Lipinski definition) is 1. The molecule has 7 heteroatoms. The first-order chi connectivity index (χ1) is 14.0. The Hall–Kier alpha value is -0.660. The van der Waals surface area contributed by atoms with Gasteiger partial charge < -0.3 is 0 Å². The second kappa shape index (κ2) is 9.65. The van der Waals surface area contributed by atoms with E-state index in [1.165, 1.54) is 38.5 Å². The van der Waals surface area contributed by atoms with E-state index < -0.39 is 10.0 Å². The lowest BCUT2D eigenvalue weighted by molar-refractivity contribution is 0.0380. The third-order valence-electron chi connectivity index (χ3n) is 7.07. The molecule has 5 nitrogen and oxygen atoms in total. The molecule has 29 heavy (non-hydrogen) atoms. The molecule has 0 unspecified atom stereocenters. The van der Waals surface area contributed by atoms with E-state index in [9.17, 15) is 8.42 Å². The summed E-state index contributed by atoms with van der Waals surface area (Å²) < 4.78 is 28.9. The maximum absolute atomic E-state index is 12.9. The first-order valence-corrected chi connectivity index (χ1v) is 13.1. The van der Waals surface area contributed by atoms with Gasteiger partial charge in [-0.3, -0.25) is 9.80 Å². The lowest BCUT2D eigenvalue weighted by atomic mass is 9.89. The second-order valence-electron chi connectivity index (χ2n) is 8.90. The minimum absolute atomic E-state index is 0.00865. The number of hydrogen-bond acceptors (Lipinski definition) is 4. The van der Waals surface area contributed by atoms with Crippen LogP contribution in [-0.4, -0.2) is 62.5 Å². The van der Waals surface area contributed by atoms with Crippen LogP contribution in [0.5, 0.6) is 0 Å². The average Bonchev–Trinajstić information content (AvgIpc) is 2.75. The van der Waals surface area contributed by atoms with Gasteiger partial charge in [0.15, 0.2) is 0 Å². The fraction of sp³-hybridized carbons (Fsp3) is 0.727. The van der Waals surface area contributed by atoms with Crippen LogP contribution in [0.1, 0.15) is 57.8 Å². The minimum Gasteiger partial charge on any atom is -0.298 e.